The summed E-state index contributed by atoms with van der Waals surface area (Å²) in [4.78, 5) is 20.4. The number of benzene rings is 1. The van der Waals surface area contributed by atoms with Crippen molar-refractivity contribution in [1.29, 1.82) is 0 Å². The van der Waals surface area contributed by atoms with Gasteiger partial charge < -0.3 is 9.64 Å². The van der Waals surface area contributed by atoms with Crippen LogP contribution in [0.2, 0.25) is 5.02 Å². The number of hydrazone groups is 1. The summed E-state index contributed by atoms with van der Waals surface area (Å²) in [6, 6.07) is 4.66. The Morgan fingerprint density at radius 1 is 1.34 bits per heavy atom. The Bertz CT molecular complexity index is 1080. The van der Waals surface area contributed by atoms with Crippen molar-refractivity contribution < 1.29 is 14.1 Å². The van der Waals surface area contributed by atoms with Crippen molar-refractivity contribution in [2.24, 2.45) is 5.10 Å². The Kier molecular flexibility index (Phi) is 7.85. The molecule has 0 amide bonds. The fraction of sp³-hybridized carbons (Fsp3) is 0.286. The quantitative estimate of drug-likeness (QED) is 0.281. The molecule has 0 atom stereocenters. The second-order valence-electron chi connectivity index (χ2n) is 7.02. The highest BCUT2D eigenvalue weighted by Crippen LogP contribution is 2.28. The van der Waals surface area contributed by atoms with E-state index < -0.39 is 10.7 Å². The molecule has 2 heterocycles. The lowest BCUT2D eigenvalue weighted by Crippen LogP contribution is -2.37. The van der Waals surface area contributed by atoms with Gasteiger partial charge >= 0.3 is 0 Å². The van der Waals surface area contributed by atoms with Gasteiger partial charge in [0.25, 0.3) is 5.69 Å². The van der Waals surface area contributed by atoms with Crippen LogP contribution in [0.15, 0.2) is 47.2 Å². The van der Waals surface area contributed by atoms with E-state index in [0.29, 0.717) is 31.9 Å². The lowest BCUT2D eigenvalue weighted by atomic mass is 10.1. The van der Waals surface area contributed by atoms with Crippen LogP contribution >= 0.6 is 11.6 Å². The number of allylic oxidation sites excluding steroid dienone is 4. The molecule has 1 aliphatic heterocycles. The molecule has 0 unspecified atom stereocenters. The molecule has 0 saturated carbocycles. The Morgan fingerprint density at radius 2 is 2.09 bits per heavy atom. The second-order valence-corrected chi connectivity index (χ2v) is 7.43. The number of hydrogen-bond donors (Lipinski definition) is 1. The maximum Gasteiger partial charge on any atom is 0.288 e. The number of nitrogens with one attached hydrogen (secondary N) is 1. The van der Waals surface area contributed by atoms with E-state index in [4.69, 9.17) is 16.3 Å². The Balaban J connectivity index is 1.65. The zero-order chi connectivity index (χ0) is 23.1. The van der Waals surface area contributed by atoms with Gasteiger partial charge in [0.05, 0.1) is 30.5 Å². The summed E-state index contributed by atoms with van der Waals surface area (Å²) in [5.41, 5.74) is 4.87. The standard InChI is InChI=1S/C21H22ClFN6O3/c1-14(3-4-15(2)16-5-6-17(22)19(11-16)29(30)31)12-25-27-21-24-13-18(23)20(26-21)28-7-9-32-10-8-28/h3-6,11-13H,7-10H2,1-2H3,(H,24,26,27)/b14-3+,15-4+,25-12-. The SMILES string of the molecule is CC(/C=N\Nc1ncc(F)c(N2CCOCC2)n1)=C\C=C(/C)c1ccc(Cl)c([N+](=O)[O-])c1. The van der Waals surface area contributed by atoms with Crippen molar-refractivity contribution in [1.82, 2.24) is 9.97 Å². The van der Waals surface area contributed by atoms with E-state index in [1.54, 1.807) is 17.2 Å². The molecule has 3 rings (SSSR count). The Morgan fingerprint density at radius 3 is 2.81 bits per heavy atom. The van der Waals surface area contributed by atoms with E-state index in [1.165, 1.54) is 12.1 Å². The Labute approximate surface area is 189 Å². The monoisotopic (exact) mass is 460 g/mol. The van der Waals surface area contributed by atoms with Gasteiger partial charge in [-0.15, -0.1) is 0 Å². The summed E-state index contributed by atoms with van der Waals surface area (Å²) in [5, 5.41) is 15.2. The summed E-state index contributed by atoms with van der Waals surface area (Å²) in [7, 11) is 0. The predicted molar refractivity (Wildman–Crippen MR) is 123 cm³/mol. The van der Waals surface area contributed by atoms with E-state index in [9.17, 15) is 14.5 Å². The first-order valence-electron chi connectivity index (χ1n) is 9.79. The van der Waals surface area contributed by atoms with Crippen molar-refractivity contribution in [2.45, 2.75) is 13.8 Å². The number of nitro benzene ring substituents is 1. The molecule has 9 nitrogen and oxygen atoms in total. The van der Waals surface area contributed by atoms with Gasteiger partial charge in [-0.3, -0.25) is 10.1 Å². The zero-order valence-electron chi connectivity index (χ0n) is 17.6. The van der Waals surface area contributed by atoms with Crippen LogP contribution in [0.3, 0.4) is 0 Å². The number of hydrogen-bond acceptors (Lipinski definition) is 8. The fourth-order valence-corrected chi connectivity index (χ4v) is 3.08. The number of nitrogens with zero attached hydrogens (tertiary/aromatic N) is 5. The largest absolute Gasteiger partial charge is 0.378 e. The molecule has 1 aliphatic rings. The van der Waals surface area contributed by atoms with Crippen LogP contribution in [0, 0.1) is 15.9 Å². The van der Waals surface area contributed by atoms with E-state index in [0.717, 1.165) is 17.3 Å². The fourth-order valence-electron chi connectivity index (χ4n) is 2.89. The van der Waals surface area contributed by atoms with Crippen LogP contribution in [0.1, 0.15) is 19.4 Å². The summed E-state index contributed by atoms with van der Waals surface area (Å²) >= 11 is 5.86. The summed E-state index contributed by atoms with van der Waals surface area (Å²) in [6.45, 7) is 5.83. The number of halogens is 2. The summed E-state index contributed by atoms with van der Waals surface area (Å²) in [6.07, 6.45) is 6.30. The van der Waals surface area contributed by atoms with Gasteiger partial charge in [0.15, 0.2) is 11.6 Å². The molecule has 0 bridgehead atoms. The lowest BCUT2D eigenvalue weighted by molar-refractivity contribution is -0.384. The average Bonchev–Trinajstić information content (AvgIpc) is 2.79. The molecular weight excluding hydrogens is 439 g/mol. The molecule has 0 radical (unpaired) electrons. The zero-order valence-corrected chi connectivity index (χ0v) is 18.3. The molecule has 1 N–H and O–H groups in total. The number of anilines is 2. The van der Waals surface area contributed by atoms with Crippen molar-refractivity contribution in [3.8, 4) is 0 Å². The van der Waals surface area contributed by atoms with E-state index >= 15 is 0 Å². The minimum absolute atomic E-state index is 0.0938. The first kappa shape index (κ1) is 23.3. The molecule has 1 aromatic heterocycles. The molecule has 32 heavy (non-hydrogen) atoms. The first-order valence-corrected chi connectivity index (χ1v) is 10.2. The van der Waals surface area contributed by atoms with Crippen molar-refractivity contribution in [3.63, 3.8) is 0 Å². The third-order valence-electron chi connectivity index (χ3n) is 4.66. The van der Waals surface area contributed by atoms with Gasteiger partial charge in [0, 0.05) is 19.2 Å². The highest BCUT2D eigenvalue weighted by atomic mass is 35.5. The first-order chi connectivity index (χ1) is 15.3. The molecule has 168 valence electrons. The highest BCUT2D eigenvalue weighted by Gasteiger charge is 2.17. The topological polar surface area (TPSA) is 106 Å². The van der Waals surface area contributed by atoms with Gasteiger partial charge in [-0.25, -0.2) is 14.8 Å². The molecule has 11 heteroatoms. The summed E-state index contributed by atoms with van der Waals surface area (Å²) < 4.78 is 19.4. The van der Waals surface area contributed by atoms with Gasteiger partial charge in [-0.1, -0.05) is 29.8 Å². The maximum absolute atomic E-state index is 14.1. The number of morpholine rings is 1. The van der Waals surface area contributed by atoms with Crippen molar-refractivity contribution in [2.75, 3.05) is 36.6 Å². The number of ether oxygens (including phenoxy) is 1. The summed E-state index contributed by atoms with van der Waals surface area (Å²) in [5.74, 6) is -0.110. The molecule has 1 saturated heterocycles. The van der Waals surface area contributed by atoms with E-state index in [-0.39, 0.29) is 22.5 Å². The molecule has 1 aromatic carbocycles. The van der Waals surface area contributed by atoms with E-state index in [2.05, 4.69) is 20.5 Å². The van der Waals surface area contributed by atoms with Gasteiger partial charge in [0.1, 0.15) is 5.02 Å². The van der Waals surface area contributed by atoms with Crippen molar-refractivity contribution in [3.05, 3.63) is 68.6 Å². The van der Waals surface area contributed by atoms with E-state index in [1.807, 2.05) is 26.0 Å². The van der Waals surface area contributed by atoms with Crippen LogP contribution in [0.25, 0.3) is 5.57 Å². The number of rotatable bonds is 7. The van der Waals surface area contributed by atoms with Crippen LogP contribution in [-0.4, -0.2) is 47.4 Å². The lowest BCUT2D eigenvalue weighted by Gasteiger charge is -2.27. The number of nitro groups is 1. The third kappa shape index (κ3) is 6.08. The van der Waals surface area contributed by atoms with Gasteiger partial charge in [-0.05, 0) is 36.6 Å². The molecule has 0 spiro atoms. The molecule has 0 aliphatic carbocycles. The smallest absolute Gasteiger partial charge is 0.288 e. The second kappa shape index (κ2) is 10.8. The predicted octanol–water partition coefficient (Wildman–Crippen LogP) is 4.46. The van der Waals surface area contributed by atoms with Crippen LogP contribution < -0.4 is 10.3 Å². The minimum Gasteiger partial charge on any atom is -0.378 e. The minimum atomic E-state index is -0.513. The number of aromatic nitrogens is 2. The normalized spacial score (nSPS) is 15.3. The van der Waals surface area contributed by atoms with Crippen LogP contribution in [0.5, 0.6) is 0 Å². The average molecular weight is 461 g/mol. The van der Waals surface area contributed by atoms with Gasteiger partial charge in [0.2, 0.25) is 5.95 Å². The van der Waals surface area contributed by atoms with Crippen molar-refractivity contribution >= 4 is 40.8 Å². The Hall–Kier alpha value is -3.37. The molecule has 2 aromatic rings. The maximum atomic E-state index is 14.1. The highest BCUT2D eigenvalue weighted by molar-refractivity contribution is 6.32. The molecular formula is C21H22ClFN6O3. The van der Waals surface area contributed by atoms with Crippen LogP contribution in [-0.2, 0) is 4.74 Å². The van der Waals surface area contributed by atoms with Gasteiger partial charge in [-0.2, -0.15) is 10.1 Å². The third-order valence-corrected chi connectivity index (χ3v) is 4.98. The van der Waals surface area contributed by atoms with Crippen LogP contribution in [0.4, 0.5) is 21.8 Å². The molecule has 1 fully saturated rings.